The summed E-state index contributed by atoms with van der Waals surface area (Å²) in [5.74, 6) is 0. The topological polar surface area (TPSA) is 34.3 Å². The molecule has 2 unspecified atom stereocenters. The van der Waals surface area contributed by atoms with Gasteiger partial charge in [0.05, 0.1) is 13.2 Å². The average Bonchev–Trinajstić information content (AvgIpc) is 3.81. The van der Waals surface area contributed by atoms with Gasteiger partial charge in [0.25, 0.3) is 0 Å². The van der Waals surface area contributed by atoms with Crippen LogP contribution in [-0.2, 0) is 25.4 Å². The fourth-order valence-electron chi connectivity index (χ4n) is 5.01. The lowest BCUT2D eigenvalue weighted by molar-refractivity contribution is -0.147. The first-order valence-electron chi connectivity index (χ1n) is 11.5. The average molecular weight is 435 g/mol. The maximum Gasteiger partial charge on any atom is 0.148 e. The Morgan fingerprint density at radius 2 is 0.697 bits per heavy atom. The van der Waals surface area contributed by atoms with E-state index in [1.165, 1.54) is 0 Å². The van der Waals surface area contributed by atoms with Gasteiger partial charge in [0, 0.05) is 0 Å². The summed E-state index contributed by atoms with van der Waals surface area (Å²) in [6, 6.07) is 41.8. The van der Waals surface area contributed by atoms with Crippen molar-refractivity contribution in [1.82, 2.24) is 0 Å². The lowest BCUT2D eigenvalue weighted by Crippen LogP contribution is -2.49. The number of epoxide rings is 2. The van der Waals surface area contributed by atoms with E-state index in [0.717, 1.165) is 22.3 Å². The van der Waals surface area contributed by atoms with Crippen LogP contribution in [0.5, 0.6) is 0 Å². The number of hydrogen-bond donors (Lipinski definition) is 0. The van der Waals surface area contributed by atoms with Gasteiger partial charge in [0.2, 0.25) is 0 Å². The molecule has 0 amide bonds. The quantitative estimate of drug-likeness (QED) is 0.334. The van der Waals surface area contributed by atoms with Crippen LogP contribution in [0.1, 0.15) is 22.3 Å². The van der Waals surface area contributed by atoms with Crippen LogP contribution in [0, 0.1) is 0 Å². The highest BCUT2D eigenvalue weighted by atomic mass is 16.6. The first-order valence-corrected chi connectivity index (χ1v) is 11.5. The largest absolute Gasteiger partial charge is 0.369 e. The molecule has 0 aromatic heterocycles. The minimum atomic E-state index is -0.792. The Hall–Kier alpha value is -3.24. The Labute approximate surface area is 194 Å². The predicted molar refractivity (Wildman–Crippen MR) is 128 cm³/mol. The van der Waals surface area contributed by atoms with Gasteiger partial charge in [-0.25, -0.2) is 0 Å². The van der Waals surface area contributed by atoms with Crippen molar-refractivity contribution in [3.05, 3.63) is 144 Å². The summed E-state index contributed by atoms with van der Waals surface area (Å²) in [6.45, 7) is 1.30. The zero-order valence-electron chi connectivity index (χ0n) is 18.3. The Bertz CT molecular complexity index is 1010. The third-order valence-corrected chi connectivity index (χ3v) is 6.71. The van der Waals surface area contributed by atoms with Crippen molar-refractivity contribution < 1.29 is 14.2 Å². The normalized spacial score (nSPS) is 19.8. The summed E-state index contributed by atoms with van der Waals surface area (Å²) in [5, 5.41) is 0. The van der Waals surface area contributed by atoms with Crippen LogP contribution in [0.25, 0.3) is 0 Å². The minimum Gasteiger partial charge on any atom is -0.369 e. The molecule has 0 N–H and O–H groups in total. The SMILES string of the molecule is c1ccc(C(OC(c2ccccc2)(c2ccccc2)C2CO2)(c2ccccc2)C2CO2)cc1. The van der Waals surface area contributed by atoms with Crippen LogP contribution in [0.2, 0.25) is 0 Å². The zero-order valence-corrected chi connectivity index (χ0v) is 18.3. The molecule has 2 saturated heterocycles. The first kappa shape index (κ1) is 20.4. The second kappa shape index (κ2) is 8.27. The summed E-state index contributed by atoms with van der Waals surface area (Å²) in [4.78, 5) is 0. The van der Waals surface area contributed by atoms with E-state index in [1.54, 1.807) is 0 Å². The molecule has 2 atom stereocenters. The molecule has 0 radical (unpaired) electrons. The van der Waals surface area contributed by atoms with E-state index in [-0.39, 0.29) is 12.2 Å². The van der Waals surface area contributed by atoms with Crippen LogP contribution in [0.4, 0.5) is 0 Å². The molecule has 2 fully saturated rings. The highest BCUT2D eigenvalue weighted by molar-refractivity contribution is 5.44. The van der Waals surface area contributed by atoms with Gasteiger partial charge in [0.15, 0.2) is 0 Å². The fourth-order valence-corrected chi connectivity index (χ4v) is 5.01. The molecule has 2 aliphatic rings. The van der Waals surface area contributed by atoms with Crippen LogP contribution in [-0.4, -0.2) is 25.4 Å². The van der Waals surface area contributed by atoms with Crippen molar-refractivity contribution in [2.24, 2.45) is 0 Å². The Morgan fingerprint density at radius 1 is 0.455 bits per heavy atom. The van der Waals surface area contributed by atoms with Crippen LogP contribution in [0.3, 0.4) is 0 Å². The van der Waals surface area contributed by atoms with E-state index >= 15 is 0 Å². The molecule has 164 valence electrons. The summed E-state index contributed by atoms with van der Waals surface area (Å²) in [7, 11) is 0. The summed E-state index contributed by atoms with van der Waals surface area (Å²) in [6.07, 6.45) is -0.180. The molecule has 2 aliphatic heterocycles. The monoisotopic (exact) mass is 434 g/mol. The molecular formula is C30H26O3. The van der Waals surface area contributed by atoms with Gasteiger partial charge < -0.3 is 14.2 Å². The molecule has 0 bridgehead atoms. The number of benzene rings is 4. The van der Waals surface area contributed by atoms with Gasteiger partial charge in [0.1, 0.15) is 23.4 Å². The number of ether oxygens (including phenoxy) is 3. The molecule has 4 aromatic carbocycles. The highest BCUT2D eigenvalue weighted by Crippen LogP contribution is 2.53. The van der Waals surface area contributed by atoms with Crippen LogP contribution >= 0.6 is 0 Å². The molecule has 3 heteroatoms. The van der Waals surface area contributed by atoms with Gasteiger partial charge in [-0.3, -0.25) is 0 Å². The van der Waals surface area contributed by atoms with Gasteiger partial charge in [-0.2, -0.15) is 0 Å². The molecule has 3 nitrogen and oxygen atoms in total. The molecule has 0 saturated carbocycles. The van der Waals surface area contributed by atoms with E-state index in [4.69, 9.17) is 14.2 Å². The second-order valence-corrected chi connectivity index (χ2v) is 8.68. The molecule has 0 aliphatic carbocycles. The molecule has 33 heavy (non-hydrogen) atoms. The Kier molecular flexibility index (Phi) is 5.11. The van der Waals surface area contributed by atoms with Crippen molar-refractivity contribution >= 4 is 0 Å². The molecule has 0 spiro atoms. The van der Waals surface area contributed by atoms with E-state index in [1.807, 2.05) is 24.3 Å². The second-order valence-electron chi connectivity index (χ2n) is 8.68. The number of rotatable bonds is 8. The Morgan fingerprint density at radius 3 is 0.909 bits per heavy atom. The summed E-state index contributed by atoms with van der Waals surface area (Å²) in [5.41, 5.74) is 2.73. The van der Waals surface area contributed by atoms with Gasteiger partial charge in [-0.1, -0.05) is 121 Å². The highest BCUT2D eigenvalue weighted by Gasteiger charge is 2.60. The van der Waals surface area contributed by atoms with Gasteiger partial charge >= 0.3 is 0 Å². The molecule has 2 heterocycles. The van der Waals surface area contributed by atoms with Crippen molar-refractivity contribution in [3.63, 3.8) is 0 Å². The lowest BCUT2D eigenvalue weighted by Gasteiger charge is -2.44. The van der Waals surface area contributed by atoms with Gasteiger partial charge in [-0.15, -0.1) is 0 Å². The van der Waals surface area contributed by atoms with E-state index < -0.39 is 11.2 Å². The van der Waals surface area contributed by atoms with E-state index in [0.29, 0.717) is 13.2 Å². The zero-order chi connectivity index (χ0) is 22.1. The third-order valence-electron chi connectivity index (χ3n) is 6.71. The smallest absolute Gasteiger partial charge is 0.148 e. The van der Waals surface area contributed by atoms with Crippen molar-refractivity contribution in [3.8, 4) is 0 Å². The van der Waals surface area contributed by atoms with Crippen molar-refractivity contribution in [2.75, 3.05) is 13.2 Å². The van der Waals surface area contributed by atoms with Crippen molar-refractivity contribution in [2.45, 2.75) is 23.4 Å². The van der Waals surface area contributed by atoms with Crippen LogP contribution in [0.15, 0.2) is 121 Å². The first-order chi connectivity index (χ1) is 16.3. The predicted octanol–water partition coefficient (Wildman–Crippen LogP) is 5.69. The van der Waals surface area contributed by atoms with Crippen LogP contribution < -0.4 is 0 Å². The van der Waals surface area contributed by atoms with Crippen molar-refractivity contribution in [1.29, 1.82) is 0 Å². The maximum absolute atomic E-state index is 7.57. The standard InChI is InChI=1S/C30H26O3/c1-5-13-23(14-6-1)29(27-21-31-27,24-15-7-2-8-16-24)33-30(28-22-32-28,25-17-9-3-10-18-25)26-19-11-4-12-20-26/h1-20,27-28H,21-22H2. The van der Waals surface area contributed by atoms with E-state index in [9.17, 15) is 0 Å². The summed E-state index contributed by atoms with van der Waals surface area (Å²) >= 11 is 0. The Balaban J connectivity index is 1.63. The summed E-state index contributed by atoms with van der Waals surface area (Å²) < 4.78 is 19.6. The maximum atomic E-state index is 7.57. The number of hydrogen-bond acceptors (Lipinski definition) is 3. The molecular weight excluding hydrogens is 408 g/mol. The minimum absolute atomic E-state index is 0.0900. The van der Waals surface area contributed by atoms with E-state index in [2.05, 4.69) is 97.1 Å². The molecule has 4 aromatic rings. The lowest BCUT2D eigenvalue weighted by atomic mass is 9.78. The molecule has 6 rings (SSSR count). The fraction of sp³-hybridized carbons (Fsp3) is 0.200. The third kappa shape index (κ3) is 3.50. The van der Waals surface area contributed by atoms with Gasteiger partial charge in [-0.05, 0) is 22.3 Å².